The summed E-state index contributed by atoms with van der Waals surface area (Å²) in [6.07, 6.45) is 0.0844. The maximum Gasteiger partial charge on any atom is 0.317 e. The van der Waals surface area contributed by atoms with E-state index in [0.717, 1.165) is 11.1 Å². The van der Waals surface area contributed by atoms with E-state index >= 15 is 0 Å². The molecule has 1 unspecified atom stereocenters. The van der Waals surface area contributed by atoms with Crippen molar-refractivity contribution in [2.45, 2.75) is 19.6 Å². The molecule has 0 aliphatic rings. The van der Waals surface area contributed by atoms with Gasteiger partial charge in [-0.25, -0.2) is 0 Å². The van der Waals surface area contributed by atoms with Crippen molar-refractivity contribution in [2.24, 2.45) is 5.92 Å². The molecule has 0 saturated carbocycles. The SMILES string of the molecule is O=CC(CC(=O)OCc1ccccc1)C(=O)OCc1ccccc1. The van der Waals surface area contributed by atoms with Gasteiger partial charge in [0.2, 0.25) is 0 Å². The van der Waals surface area contributed by atoms with E-state index in [1.165, 1.54) is 0 Å². The van der Waals surface area contributed by atoms with Gasteiger partial charge in [-0.3, -0.25) is 9.59 Å². The molecule has 5 nitrogen and oxygen atoms in total. The van der Waals surface area contributed by atoms with Crippen LogP contribution >= 0.6 is 0 Å². The van der Waals surface area contributed by atoms with Gasteiger partial charge >= 0.3 is 11.9 Å². The molecule has 0 aliphatic carbocycles. The normalized spacial score (nSPS) is 11.3. The molecular formula is C19H18O5. The molecule has 0 aromatic heterocycles. The maximum absolute atomic E-state index is 11.9. The average Bonchev–Trinajstić information content (AvgIpc) is 2.64. The standard InChI is InChI=1S/C19H18O5/c20-12-17(19(22)24-14-16-9-5-2-6-10-16)11-18(21)23-13-15-7-3-1-4-8-15/h1-10,12,17H,11,13-14H2. The summed E-state index contributed by atoms with van der Waals surface area (Å²) in [5.41, 5.74) is 1.64. The van der Waals surface area contributed by atoms with Crippen molar-refractivity contribution >= 4 is 18.2 Å². The number of hydrogen-bond donors (Lipinski definition) is 0. The molecular weight excluding hydrogens is 308 g/mol. The fourth-order valence-electron chi connectivity index (χ4n) is 2.00. The van der Waals surface area contributed by atoms with Crippen molar-refractivity contribution in [2.75, 3.05) is 0 Å². The first kappa shape index (κ1) is 17.4. The van der Waals surface area contributed by atoms with E-state index in [-0.39, 0.29) is 19.6 Å². The van der Waals surface area contributed by atoms with E-state index in [0.29, 0.717) is 6.29 Å². The third-order valence-corrected chi connectivity index (χ3v) is 3.32. The average molecular weight is 326 g/mol. The van der Waals surface area contributed by atoms with Gasteiger partial charge in [-0.1, -0.05) is 60.7 Å². The number of benzene rings is 2. The van der Waals surface area contributed by atoms with Gasteiger partial charge in [0.15, 0.2) is 0 Å². The first-order valence-corrected chi connectivity index (χ1v) is 7.54. The second kappa shape index (κ2) is 9.25. The number of esters is 2. The lowest BCUT2D eigenvalue weighted by molar-refractivity contribution is -0.157. The Morgan fingerprint density at radius 1 is 0.833 bits per heavy atom. The van der Waals surface area contributed by atoms with E-state index < -0.39 is 17.9 Å². The molecule has 0 amide bonds. The van der Waals surface area contributed by atoms with Crippen LogP contribution in [0.2, 0.25) is 0 Å². The summed E-state index contributed by atoms with van der Waals surface area (Å²) >= 11 is 0. The number of aldehydes is 1. The zero-order chi connectivity index (χ0) is 17.2. The fourth-order valence-corrected chi connectivity index (χ4v) is 2.00. The fraction of sp³-hybridized carbons (Fsp3) is 0.211. The van der Waals surface area contributed by atoms with Gasteiger partial charge in [0.05, 0.1) is 6.42 Å². The van der Waals surface area contributed by atoms with E-state index in [9.17, 15) is 14.4 Å². The minimum absolute atomic E-state index is 0.0586. The summed E-state index contributed by atoms with van der Waals surface area (Å²) in [4.78, 5) is 34.7. The zero-order valence-electron chi connectivity index (χ0n) is 13.1. The molecule has 5 heteroatoms. The van der Waals surface area contributed by atoms with Crippen LogP contribution in [0.15, 0.2) is 60.7 Å². The molecule has 0 fully saturated rings. The van der Waals surface area contributed by atoms with Gasteiger partial charge in [0.1, 0.15) is 25.4 Å². The molecule has 0 N–H and O–H groups in total. The summed E-state index contributed by atoms with van der Waals surface area (Å²) in [6.45, 7) is 0.160. The van der Waals surface area contributed by atoms with E-state index in [1.54, 1.807) is 12.1 Å². The highest BCUT2D eigenvalue weighted by atomic mass is 16.5. The van der Waals surface area contributed by atoms with Crippen molar-refractivity contribution in [3.05, 3.63) is 71.8 Å². The van der Waals surface area contributed by atoms with Crippen LogP contribution < -0.4 is 0 Å². The van der Waals surface area contributed by atoms with Crippen LogP contribution in [-0.2, 0) is 37.1 Å². The maximum atomic E-state index is 11.9. The Balaban J connectivity index is 1.78. The third-order valence-electron chi connectivity index (χ3n) is 3.32. The third kappa shape index (κ3) is 5.68. The zero-order valence-corrected chi connectivity index (χ0v) is 13.1. The molecule has 0 saturated heterocycles. The van der Waals surface area contributed by atoms with Crippen molar-refractivity contribution in [3.63, 3.8) is 0 Å². The molecule has 0 radical (unpaired) electrons. The monoisotopic (exact) mass is 326 g/mol. The summed E-state index contributed by atoms with van der Waals surface area (Å²) < 4.78 is 10.1. The molecule has 2 rings (SSSR count). The summed E-state index contributed by atoms with van der Waals surface area (Å²) in [5.74, 6) is -2.50. The Bertz CT molecular complexity index is 667. The Morgan fingerprint density at radius 3 is 1.83 bits per heavy atom. The highest BCUT2D eigenvalue weighted by molar-refractivity contribution is 5.92. The molecule has 2 aromatic rings. The largest absolute Gasteiger partial charge is 0.461 e. The molecule has 0 aliphatic heterocycles. The summed E-state index contributed by atoms with van der Waals surface area (Å²) in [6, 6.07) is 18.3. The van der Waals surface area contributed by atoms with Crippen LogP contribution in [-0.4, -0.2) is 18.2 Å². The van der Waals surface area contributed by atoms with Gasteiger partial charge in [-0.2, -0.15) is 0 Å². The Labute approximate surface area is 140 Å². The number of carbonyl (C=O) groups excluding carboxylic acids is 3. The van der Waals surface area contributed by atoms with Crippen molar-refractivity contribution < 1.29 is 23.9 Å². The van der Waals surface area contributed by atoms with Gasteiger partial charge < -0.3 is 14.3 Å². The molecule has 1 atom stereocenters. The van der Waals surface area contributed by atoms with Gasteiger partial charge in [-0.15, -0.1) is 0 Å². The Morgan fingerprint density at radius 2 is 1.33 bits per heavy atom. The minimum Gasteiger partial charge on any atom is -0.461 e. The second-order valence-electron chi connectivity index (χ2n) is 5.19. The van der Waals surface area contributed by atoms with Crippen molar-refractivity contribution in [1.29, 1.82) is 0 Å². The highest BCUT2D eigenvalue weighted by Crippen LogP contribution is 2.09. The van der Waals surface area contributed by atoms with E-state index in [1.807, 2.05) is 48.5 Å². The van der Waals surface area contributed by atoms with Crippen LogP contribution in [0, 0.1) is 5.92 Å². The topological polar surface area (TPSA) is 69.7 Å². The van der Waals surface area contributed by atoms with Crippen LogP contribution in [0.5, 0.6) is 0 Å². The lowest BCUT2D eigenvalue weighted by atomic mass is 10.1. The van der Waals surface area contributed by atoms with Gasteiger partial charge in [-0.05, 0) is 11.1 Å². The number of ether oxygens (including phenoxy) is 2. The predicted molar refractivity (Wildman–Crippen MR) is 86.6 cm³/mol. The molecule has 124 valence electrons. The van der Waals surface area contributed by atoms with Crippen LogP contribution in [0.25, 0.3) is 0 Å². The first-order chi connectivity index (χ1) is 11.7. The van der Waals surface area contributed by atoms with Gasteiger partial charge in [0.25, 0.3) is 0 Å². The molecule has 0 bridgehead atoms. The lowest BCUT2D eigenvalue weighted by Crippen LogP contribution is -2.23. The van der Waals surface area contributed by atoms with Gasteiger partial charge in [0, 0.05) is 0 Å². The van der Waals surface area contributed by atoms with Crippen LogP contribution in [0.4, 0.5) is 0 Å². The second-order valence-corrected chi connectivity index (χ2v) is 5.19. The Kier molecular flexibility index (Phi) is 6.71. The van der Waals surface area contributed by atoms with Crippen molar-refractivity contribution in [1.82, 2.24) is 0 Å². The molecule has 0 spiro atoms. The highest BCUT2D eigenvalue weighted by Gasteiger charge is 2.23. The number of hydrogen-bond acceptors (Lipinski definition) is 5. The smallest absolute Gasteiger partial charge is 0.317 e. The number of carbonyl (C=O) groups is 3. The molecule has 2 aromatic carbocycles. The first-order valence-electron chi connectivity index (χ1n) is 7.54. The number of rotatable bonds is 8. The van der Waals surface area contributed by atoms with Crippen LogP contribution in [0.1, 0.15) is 17.5 Å². The predicted octanol–water partition coefficient (Wildman–Crippen LogP) is 2.68. The lowest BCUT2D eigenvalue weighted by Gasteiger charge is -2.10. The van der Waals surface area contributed by atoms with E-state index in [4.69, 9.17) is 9.47 Å². The summed E-state index contributed by atoms with van der Waals surface area (Å²) in [5, 5.41) is 0. The molecule has 0 heterocycles. The van der Waals surface area contributed by atoms with Crippen molar-refractivity contribution in [3.8, 4) is 0 Å². The van der Waals surface area contributed by atoms with E-state index in [2.05, 4.69) is 0 Å². The molecule has 24 heavy (non-hydrogen) atoms. The quantitative estimate of drug-likeness (QED) is 0.424. The van der Waals surface area contributed by atoms with Crippen LogP contribution in [0.3, 0.4) is 0 Å². The minimum atomic E-state index is -1.16. The summed E-state index contributed by atoms with van der Waals surface area (Å²) in [7, 11) is 0. The Hall–Kier alpha value is -2.95.